The Bertz CT molecular complexity index is 609. The van der Waals surface area contributed by atoms with Gasteiger partial charge in [-0.15, -0.1) is 0 Å². The van der Waals surface area contributed by atoms with Crippen LogP contribution in [0.25, 0.3) is 0 Å². The largest absolute Gasteiger partial charge is 0.506 e. The van der Waals surface area contributed by atoms with Crippen molar-refractivity contribution in [2.45, 2.75) is 25.7 Å². The van der Waals surface area contributed by atoms with Crippen LogP contribution >= 0.6 is 0 Å². The number of phenols is 1. The first-order chi connectivity index (χ1) is 11.0. The van der Waals surface area contributed by atoms with Gasteiger partial charge in [-0.05, 0) is 56.0 Å². The van der Waals surface area contributed by atoms with Crippen molar-refractivity contribution in [2.75, 3.05) is 23.9 Å². The molecule has 2 aliphatic rings. The van der Waals surface area contributed by atoms with Gasteiger partial charge in [0.15, 0.2) is 5.82 Å². The van der Waals surface area contributed by atoms with Gasteiger partial charge in [0, 0.05) is 0 Å². The fourth-order valence-corrected chi connectivity index (χ4v) is 4.09. The summed E-state index contributed by atoms with van der Waals surface area (Å²) in [6.07, 6.45) is 4.05. The molecule has 0 radical (unpaired) electrons. The molecule has 3 rings (SSSR count). The molecule has 0 bridgehead atoms. The van der Waals surface area contributed by atoms with Crippen molar-refractivity contribution in [3.8, 4) is 5.75 Å². The van der Waals surface area contributed by atoms with E-state index in [0.717, 1.165) is 36.7 Å². The highest BCUT2D eigenvalue weighted by Gasteiger charge is 2.31. The standard InChI is InChI=1S/C15H20FN3O3S/c16-12-6-11(5-10-3-1-2-4-17-8-10)7-13(20)15(12)19-9-14(21)18-23(19)22/h6-7,10,17,20H,1-5,8-9H2,(H,18,21). The first kappa shape index (κ1) is 16.2. The molecular formula is C15H20FN3O3S. The SMILES string of the molecule is O=C1CN(c2c(O)cc(CC3CCCCNC3)cc2F)S(=O)N1. The highest BCUT2D eigenvalue weighted by atomic mass is 32.2. The van der Waals surface area contributed by atoms with E-state index >= 15 is 0 Å². The van der Waals surface area contributed by atoms with Gasteiger partial charge in [-0.2, -0.15) is 0 Å². The minimum absolute atomic E-state index is 0.190. The number of rotatable bonds is 3. The Morgan fingerprint density at radius 2 is 2.22 bits per heavy atom. The normalized spacial score (nSPS) is 25.3. The third kappa shape index (κ3) is 3.64. The molecule has 0 aliphatic carbocycles. The smallest absolute Gasteiger partial charge is 0.253 e. The van der Waals surface area contributed by atoms with Crippen molar-refractivity contribution >= 4 is 22.8 Å². The number of benzene rings is 1. The number of nitrogens with zero attached hydrogens (tertiary/aromatic N) is 1. The summed E-state index contributed by atoms with van der Waals surface area (Å²) in [6, 6.07) is 2.86. The molecule has 2 atom stereocenters. The minimum atomic E-state index is -1.85. The monoisotopic (exact) mass is 341 g/mol. The number of anilines is 1. The summed E-state index contributed by atoms with van der Waals surface area (Å²) in [6.45, 7) is 1.67. The van der Waals surface area contributed by atoms with Crippen molar-refractivity contribution in [3.63, 3.8) is 0 Å². The zero-order valence-electron chi connectivity index (χ0n) is 12.7. The van der Waals surface area contributed by atoms with Gasteiger partial charge in [0.2, 0.25) is 11.2 Å². The molecule has 126 valence electrons. The maximum atomic E-state index is 14.4. The number of aromatic hydroxyl groups is 1. The first-order valence-electron chi connectivity index (χ1n) is 7.75. The molecule has 23 heavy (non-hydrogen) atoms. The quantitative estimate of drug-likeness (QED) is 0.765. The topological polar surface area (TPSA) is 81.7 Å². The molecule has 2 saturated heterocycles. The molecule has 2 fully saturated rings. The van der Waals surface area contributed by atoms with E-state index in [9.17, 15) is 18.5 Å². The maximum absolute atomic E-state index is 14.4. The zero-order chi connectivity index (χ0) is 16.4. The second-order valence-electron chi connectivity index (χ2n) is 6.03. The fraction of sp³-hybridized carbons (Fsp3) is 0.533. The summed E-state index contributed by atoms with van der Waals surface area (Å²) >= 11 is -1.85. The Morgan fingerprint density at radius 3 is 2.91 bits per heavy atom. The number of phenolic OH excluding ortho intramolecular Hbond substituents is 1. The van der Waals surface area contributed by atoms with Crippen LogP contribution in [0.3, 0.4) is 0 Å². The number of hydrogen-bond donors (Lipinski definition) is 3. The average molecular weight is 341 g/mol. The molecule has 0 saturated carbocycles. The van der Waals surface area contributed by atoms with E-state index in [1.807, 2.05) is 0 Å². The van der Waals surface area contributed by atoms with Crippen LogP contribution in [0.1, 0.15) is 24.8 Å². The summed E-state index contributed by atoms with van der Waals surface area (Å²) in [5.74, 6) is -1.00. The number of amides is 1. The third-order valence-corrected chi connectivity index (χ3v) is 5.33. The first-order valence-corrected chi connectivity index (χ1v) is 8.86. The summed E-state index contributed by atoms with van der Waals surface area (Å²) in [5, 5.41) is 13.5. The van der Waals surface area contributed by atoms with Crippen LogP contribution in [0.5, 0.6) is 5.75 Å². The number of halogens is 1. The lowest BCUT2D eigenvalue weighted by molar-refractivity contribution is -0.117. The summed E-state index contributed by atoms with van der Waals surface area (Å²) in [7, 11) is 0. The Balaban J connectivity index is 1.80. The van der Waals surface area contributed by atoms with E-state index in [1.165, 1.54) is 12.1 Å². The second kappa shape index (κ2) is 6.84. The fourth-order valence-electron chi connectivity index (χ4n) is 3.14. The average Bonchev–Trinajstić information content (AvgIpc) is 2.68. The number of nitrogens with one attached hydrogen (secondary N) is 2. The van der Waals surface area contributed by atoms with E-state index in [4.69, 9.17) is 0 Å². The van der Waals surface area contributed by atoms with Gasteiger partial charge in [0.05, 0.1) is 0 Å². The number of carbonyl (C=O) groups is 1. The number of carbonyl (C=O) groups excluding carboxylic acids is 1. The predicted molar refractivity (Wildman–Crippen MR) is 85.6 cm³/mol. The second-order valence-corrected chi connectivity index (χ2v) is 7.17. The highest BCUT2D eigenvalue weighted by molar-refractivity contribution is 7.85. The Morgan fingerprint density at radius 1 is 1.39 bits per heavy atom. The lowest BCUT2D eigenvalue weighted by Crippen LogP contribution is -2.24. The van der Waals surface area contributed by atoms with E-state index in [2.05, 4.69) is 10.0 Å². The number of hydrogen-bond acceptors (Lipinski definition) is 4. The van der Waals surface area contributed by atoms with Gasteiger partial charge in [-0.1, -0.05) is 6.42 Å². The van der Waals surface area contributed by atoms with Crippen LogP contribution in [-0.2, 0) is 22.4 Å². The van der Waals surface area contributed by atoms with Crippen molar-refractivity contribution in [3.05, 3.63) is 23.5 Å². The van der Waals surface area contributed by atoms with E-state index in [1.54, 1.807) is 0 Å². The molecule has 1 aromatic rings. The molecule has 2 aliphatic heterocycles. The summed E-state index contributed by atoms with van der Waals surface area (Å²) < 4.78 is 29.4. The van der Waals surface area contributed by atoms with Gasteiger partial charge >= 0.3 is 0 Å². The van der Waals surface area contributed by atoms with Gasteiger partial charge in [-0.3, -0.25) is 13.8 Å². The zero-order valence-corrected chi connectivity index (χ0v) is 13.5. The Kier molecular flexibility index (Phi) is 4.82. The van der Waals surface area contributed by atoms with Gasteiger partial charge in [0.1, 0.15) is 18.0 Å². The summed E-state index contributed by atoms with van der Waals surface area (Å²) in [5.41, 5.74) is 0.520. The van der Waals surface area contributed by atoms with Crippen molar-refractivity contribution < 1.29 is 18.5 Å². The van der Waals surface area contributed by atoms with Crippen LogP contribution in [0.2, 0.25) is 0 Å². The molecule has 0 spiro atoms. The van der Waals surface area contributed by atoms with E-state index in [0.29, 0.717) is 17.9 Å². The lowest BCUT2D eigenvalue weighted by atomic mass is 9.94. The molecule has 2 heterocycles. The lowest BCUT2D eigenvalue weighted by Gasteiger charge is -2.19. The molecular weight excluding hydrogens is 321 g/mol. The van der Waals surface area contributed by atoms with Gasteiger partial charge in [0.25, 0.3) is 5.91 Å². The maximum Gasteiger partial charge on any atom is 0.253 e. The Labute approximate surface area is 136 Å². The van der Waals surface area contributed by atoms with E-state index in [-0.39, 0.29) is 18.0 Å². The van der Waals surface area contributed by atoms with Crippen molar-refractivity contribution in [1.82, 2.24) is 10.0 Å². The predicted octanol–water partition coefficient (Wildman–Crippen LogP) is 0.978. The molecule has 1 amide bonds. The molecule has 6 nitrogen and oxygen atoms in total. The van der Waals surface area contributed by atoms with Crippen LogP contribution in [0.4, 0.5) is 10.1 Å². The summed E-state index contributed by atoms with van der Waals surface area (Å²) in [4.78, 5) is 11.3. The van der Waals surface area contributed by atoms with Crippen molar-refractivity contribution in [1.29, 1.82) is 0 Å². The van der Waals surface area contributed by atoms with Crippen LogP contribution in [0.15, 0.2) is 12.1 Å². The molecule has 1 aromatic carbocycles. The minimum Gasteiger partial charge on any atom is -0.506 e. The molecule has 0 aromatic heterocycles. The molecule has 3 N–H and O–H groups in total. The van der Waals surface area contributed by atoms with E-state index < -0.39 is 22.9 Å². The Hall–Kier alpha value is -1.67. The molecule has 2 unspecified atom stereocenters. The van der Waals surface area contributed by atoms with Gasteiger partial charge in [-0.25, -0.2) is 8.60 Å². The van der Waals surface area contributed by atoms with Gasteiger partial charge < -0.3 is 10.4 Å². The molecule has 8 heteroatoms. The highest BCUT2D eigenvalue weighted by Crippen LogP contribution is 2.34. The van der Waals surface area contributed by atoms with Crippen LogP contribution in [0, 0.1) is 11.7 Å². The van der Waals surface area contributed by atoms with Crippen LogP contribution < -0.4 is 14.3 Å². The van der Waals surface area contributed by atoms with Crippen LogP contribution in [-0.4, -0.2) is 34.9 Å². The third-order valence-electron chi connectivity index (χ3n) is 4.21. The van der Waals surface area contributed by atoms with Crippen molar-refractivity contribution in [2.24, 2.45) is 5.92 Å².